The molecule has 0 bridgehead atoms. The van der Waals surface area contributed by atoms with Gasteiger partial charge in [0.1, 0.15) is 6.04 Å². The van der Waals surface area contributed by atoms with Crippen LogP contribution in [0.5, 0.6) is 0 Å². The van der Waals surface area contributed by atoms with Crippen molar-refractivity contribution in [3.63, 3.8) is 0 Å². The van der Waals surface area contributed by atoms with Gasteiger partial charge in [-0.15, -0.1) is 0 Å². The summed E-state index contributed by atoms with van der Waals surface area (Å²) in [5.74, 6) is -0.0440. The largest absolute Gasteiger partial charge is 0.467 e. The van der Waals surface area contributed by atoms with Gasteiger partial charge in [0.25, 0.3) is 0 Å². The summed E-state index contributed by atoms with van der Waals surface area (Å²) in [5, 5.41) is 3.05. The minimum absolute atomic E-state index is 0.213. The van der Waals surface area contributed by atoms with Crippen LogP contribution in [0.15, 0.2) is 0 Å². The predicted molar refractivity (Wildman–Crippen MR) is 61.8 cm³/mol. The number of ether oxygens (including phenoxy) is 1. The summed E-state index contributed by atoms with van der Waals surface area (Å²) in [6, 6.07) is -0.536. The van der Waals surface area contributed by atoms with Crippen molar-refractivity contribution in [2.45, 2.75) is 38.5 Å². The van der Waals surface area contributed by atoms with E-state index in [1.807, 2.05) is 0 Å². The van der Waals surface area contributed by atoms with Crippen LogP contribution in [-0.2, 0) is 14.3 Å². The molecule has 2 unspecified atom stereocenters. The Morgan fingerprint density at radius 1 is 1.47 bits per heavy atom. The van der Waals surface area contributed by atoms with Gasteiger partial charge in [0.2, 0.25) is 5.91 Å². The molecule has 0 aromatic heterocycles. The summed E-state index contributed by atoms with van der Waals surface area (Å²) in [7, 11) is 1.32. The molecule has 0 aromatic rings. The third-order valence-corrected chi connectivity index (χ3v) is 3.41. The average Bonchev–Trinajstić information content (AvgIpc) is 2.21. The molecule has 88 valence electrons. The van der Waals surface area contributed by atoms with Crippen molar-refractivity contribution in [3.8, 4) is 0 Å². The van der Waals surface area contributed by atoms with Crippen molar-refractivity contribution in [3.05, 3.63) is 0 Å². The van der Waals surface area contributed by atoms with Crippen molar-refractivity contribution < 1.29 is 14.3 Å². The summed E-state index contributed by atoms with van der Waals surface area (Å²) < 4.78 is 4.61. The number of nitrogens with one attached hydrogen (secondary N) is 1. The average molecular weight is 233 g/mol. The zero-order chi connectivity index (χ0) is 11.8. The van der Waals surface area contributed by atoms with Crippen molar-refractivity contribution in [1.29, 1.82) is 0 Å². The Balaban J connectivity index is 4.12. The van der Waals surface area contributed by atoms with Crippen LogP contribution in [0.25, 0.3) is 0 Å². The number of carbonyl (C=O) groups excluding carboxylic acids is 2. The number of methoxy groups -OCH3 is 1. The van der Waals surface area contributed by atoms with E-state index in [1.54, 1.807) is 11.8 Å². The van der Waals surface area contributed by atoms with Crippen LogP contribution in [0.4, 0.5) is 0 Å². The second-order valence-electron chi connectivity index (χ2n) is 3.33. The lowest BCUT2D eigenvalue weighted by Crippen LogP contribution is -2.42. The molecule has 0 saturated carbocycles. The van der Waals surface area contributed by atoms with E-state index >= 15 is 0 Å². The highest BCUT2D eigenvalue weighted by atomic mass is 32.2. The van der Waals surface area contributed by atoms with Gasteiger partial charge in [0.15, 0.2) is 0 Å². The van der Waals surface area contributed by atoms with E-state index in [1.165, 1.54) is 14.0 Å². The van der Waals surface area contributed by atoms with E-state index in [4.69, 9.17) is 0 Å². The van der Waals surface area contributed by atoms with Crippen LogP contribution in [-0.4, -0.2) is 36.0 Å². The number of thioether (sulfide) groups is 1. The van der Waals surface area contributed by atoms with Gasteiger partial charge in [-0.3, -0.25) is 4.79 Å². The van der Waals surface area contributed by atoms with E-state index < -0.39 is 6.04 Å². The van der Waals surface area contributed by atoms with Gasteiger partial charge < -0.3 is 10.1 Å². The Labute approximate surface area is 95.1 Å². The number of hydrogen-bond donors (Lipinski definition) is 1. The maximum atomic E-state index is 11.3. The molecule has 0 fully saturated rings. The van der Waals surface area contributed by atoms with Crippen LogP contribution < -0.4 is 5.32 Å². The number of carbonyl (C=O) groups is 2. The number of hydrogen-bond acceptors (Lipinski definition) is 4. The van der Waals surface area contributed by atoms with E-state index in [-0.39, 0.29) is 11.9 Å². The molecular weight excluding hydrogens is 214 g/mol. The summed E-state index contributed by atoms with van der Waals surface area (Å²) in [4.78, 5) is 22.2. The molecule has 0 saturated heterocycles. The smallest absolute Gasteiger partial charge is 0.329 e. The molecule has 0 aliphatic rings. The molecule has 5 heteroatoms. The fourth-order valence-corrected chi connectivity index (χ4v) is 1.91. The van der Waals surface area contributed by atoms with E-state index in [9.17, 15) is 9.59 Å². The van der Waals surface area contributed by atoms with E-state index in [0.29, 0.717) is 11.0 Å². The Hall–Kier alpha value is -0.710. The second-order valence-corrected chi connectivity index (χ2v) is 4.80. The molecule has 0 heterocycles. The first-order valence-corrected chi connectivity index (χ1v) is 6.02. The van der Waals surface area contributed by atoms with Gasteiger partial charge in [0, 0.05) is 17.9 Å². The van der Waals surface area contributed by atoms with E-state index in [2.05, 4.69) is 23.9 Å². The van der Waals surface area contributed by atoms with Gasteiger partial charge in [-0.2, -0.15) is 11.8 Å². The SMILES string of the molecule is CCC(C)SCC(NC(C)=O)C(=O)OC. The fourth-order valence-electron chi connectivity index (χ4n) is 0.935. The molecule has 0 rings (SSSR count). The van der Waals surface area contributed by atoms with Crippen molar-refractivity contribution in [1.82, 2.24) is 5.32 Å². The highest BCUT2D eigenvalue weighted by Gasteiger charge is 2.20. The maximum absolute atomic E-state index is 11.3. The molecule has 15 heavy (non-hydrogen) atoms. The summed E-state index contributed by atoms with van der Waals surface area (Å²) in [6.45, 7) is 5.57. The Morgan fingerprint density at radius 2 is 2.07 bits per heavy atom. The number of esters is 1. The summed E-state index contributed by atoms with van der Waals surface area (Å²) >= 11 is 1.65. The summed E-state index contributed by atoms with van der Waals surface area (Å²) in [6.07, 6.45) is 1.04. The van der Waals surface area contributed by atoms with Gasteiger partial charge in [0.05, 0.1) is 7.11 Å². The van der Waals surface area contributed by atoms with Crippen molar-refractivity contribution in [2.75, 3.05) is 12.9 Å². The topological polar surface area (TPSA) is 55.4 Å². The predicted octanol–water partition coefficient (Wildman–Crippen LogP) is 1.20. The van der Waals surface area contributed by atoms with E-state index in [0.717, 1.165) is 6.42 Å². The normalized spacial score (nSPS) is 14.1. The lowest BCUT2D eigenvalue weighted by molar-refractivity contribution is -0.144. The third-order valence-electron chi connectivity index (χ3n) is 1.99. The molecule has 0 spiro atoms. The molecule has 4 nitrogen and oxygen atoms in total. The maximum Gasteiger partial charge on any atom is 0.329 e. The van der Waals surface area contributed by atoms with Crippen LogP contribution in [0.2, 0.25) is 0 Å². The highest BCUT2D eigenvalue weighted by Crippen LogP contribution is 2.14. The first kappa shape index (κ1) is 14.3. The monoisotopic (exact) mass is 233 g/mol. The van der Waals surface area contributed by atoms with Gasteiger partial charge in [-0.1, -0.05) is 13.8 Å². The quantitative estimate of drug-likeness (QED) is 0.700. The molecular formula is C10H19NO3S. The molecule has 0 aliphatic heterocycles. The Kier molecular flexibility index (Phi) is 7.21. The lowest BCUT2D eigenvalue weighted by Gasteiger charge is -2.16. The second kappa shape index (κ2) is 7.56. The van der Waals surface area contributed by atoms with Crippen LogP contribution in [0.1, 0.15) is 27.2 Å². The first-order valence-electron chi connectivity index (χ1n) is 4.97. The number of rotatable bonds is 6. The first-order chi connectivity index (χ1) is 7.01. The van der Waals surface area contributed by atoms with Crippen molar-refractivity contribution >= 4 is 23.6 Å². The van der Waals surface area contributed by atoms with Gasteiger partial charge in [-0.25, -0.2) is 4.79 Å². The van der Waals surface area contributed by atoms with Crippen LogP contribution >= 0.6 is 11.8 Å². The molecule has 0 aliphatic carbocycles. The highest BCUT2D eigenvalue weighted by molar-refractivity contribution is 7.99. The minimum Gasteiger partial charge on any atom is -0.467 e. The zero-order valence-corrected chi connectivity index (χ0v) is 10.5. The molecule has 2 atom stereocenters. The fraction of sp³-hybridized carbons (Fsp3) is 0.800. The molecule has 1 N–H and O–H groups in total. The third kappa shape index (κ3) is 6.38. The molecule has 0 radical (unpaired) electrons. The zero-order valence-electron chi connectivity index (χ0n) is 9.70. The molecule has 1 amide bonds. The standard InChI is InChI=1S/C10H19NO3S/c1-5-7(2)15-6-9(10(13)14-4)11-8(3)12/h7,9H,5-6H2,1-4H3,(H,11,12). The Bertz CT molecular complexity index is 221. The number of amides is 1. The van der Waals surface area contributed by atoms with Crippen LogP contribution in [0, 0.1) is 0 Å². The van der Waals surface area contributed by atoms with Crippen molar-refractivity contribution in [2.24, 2.45) is 0 Å². The van der Waals surface area contributed by atoms with Crippen LogP contribution in [0.3, 0.4) is 0 Å². The summed E-state index contributed by atoms with van der Waals surface area (Å²) in [5.41, 5.74) is 0. The Morgan fingerprint density at radius 3 is 2.47 bits per heavy atom. The molecule has 0 aromatic carbocycles. The lowest BCUT2D eigenvalue weighted by atomic mass is 10.3. The van der Waals surface area contributed by atoms with Gasteiger partial charge in [-0.05, 0) is 6.42 Å². The van der Waals surface area contributed by atoms with Gasteiger partial charge >= 0.3 is 5.97 Å². The minimum atomic E-state index is -0.536.